The van der Waals surface area contributed by atoms with Crippen LogP contribution in [0, 0.1) is 11.3 Å². The molecular weight excluding hydrogens is 178 g/mol. The lowest BCUT2D eigenvalue weighted by Crippen LogP contribution is -2.03. The van der Waals surface area contributed by atoms with Gasteiger partial charge in [0, 0.05) is 5.56 Å². The Bertz CT molecular complexity index is 402. The number of phenolic OH excluding ortho intramolecular Hbond substituents is 1. The first-order valence-corrected chi connectivity index (χ1v) is 4.50. The van der Waals surface area contributed by atoms with E-state index < -0.39 is 5.41 Å². The summed E-state index contributed by atoms with van der Waals surface area (Å²) < 4.78 is 5.06. The van der Waals surface area contributed by atoms with Crippen LogP contribution in [0.15, 0.2) is 18.2 Å². The fourth-order valence-corrected chi connectivity index (χ4v) is 1.59. The lowest BCUT2D eigenvalue weighted by molar-refractivity contribution is 0.410. The average molecular weight is 189 g/mol. The molecule has 72 valence electrons. The zero-order valence-electron chi connectivity index (χ0n) is 7.95. The normalized spacial score (nSPS) is 17.1. The first-order valence-electron chi connectivity index (χ1n) is 4.50. The summed E-state index contributed by atoms with van der Waals surface area (Å²) in [5.74, 6) is 0.865. The molecule has 1 aliphatic carbocycles. The summed E-state index contributed by atoms with van der Waals surface area (Å²) in [4.78, 5) is 0. The van der Waals surface area contributed by atoms with Gasteiger partial charge >= 0.3 is 0 Å². The molecule has 1 N–H and O–H groups in total. The van der Waals surface area contributed by atoms with Crippen LogP contribution in [0.3, 0.4) is 0 Å². The number of phenols is 1. The SMILES string of the molecule is COc1ccc(O)c(C2(C#N)CC2)c1. The topological polar surface area (TPSA) is 53.2 Å². The first-order chi connectivity index (χ1) is 6.72. The smallest absolute Gasteiger partial charge is 0.120 e. The number of rotatable bonds is 2. The monoisotopic (exact) mass is 189 g/mol. The molecule has 0 aromatic heterocycles. The van der Waals surface area contributed by atoms with Gasteiger partial charge in [0.15, 0.2) is 0 Å². The summed E-state index contributed by atoms with van der Waals surface area (Å²) in [5, 5.41) is 18.6. The molecule has 3 nitrogen and oxygen atoms in total. The van der Waals surface area contributed by atoms with Crippen molar-refractivity contribution in [2.45, 2.75) is 18.3 Å². The Labute approximate surface area is 82.6 Å². The van der Waals surface area contributed by atoms with E-state index in [1.165, 1.54) is 0 Å². The predicted octanol–water partition coefficient (Wildman–Crippen LogP) is 1.96. The number of benzene rings is 1. The highest BCUT2D eigenvalue weighted by atomic mass is 16.5. The van der Waals surface area contributed by atoms with E-state index in [0.29, 0.717) is 11.3 Å². The zero-order chi connectivity index (χ0) is 10.2. The van der Waals surface area contributed by atoms with Crippen LogP contribution in [-0.2, 0) is 5.41 Å². The maximum atomic E-state index is 9.63. The Morgan fingerprint density at radius 2 is 2.21 bits per heavy atom. The zero-order valence-corrected chi connectivity index (χ0v) is 7.95. The minimum Gasteiger partial charge on any atom is -0.508 e. The van der Waals surface area contributed by atoms with Gasteiger partial charge in [-0.2, -0.15) is 5.26 Å². The Balaban J connectivity index is 2.47. The van der Waals surface area contributed by atoms with Crippen LogP contribution in [0.1, 0.15) is 18.4 Å². The van der Waals surface area contributed by atoms with Crippen molar-refractivity contribution in [2.75, 3.05) is 7.11 Å². The Morgan fingerprint density at radius 3 is 2.71 bits per heavy atom. The van der Waals surface area contributed by atoms with Crippen LogP contribution in [0.25, 0.3) is 0 Å². The summed E-state index contributed by atoms with van der Waals surface area (Å²) in [6, 6.07) is 7.25. The predicted molar refractivity (Wildman–Crippen MR) is 51.2 cm³/mol. The molecule has 3 heteroatoms. The van der Waals surface area contributed by atoms with Crippen LogP contribution in [-0.4, -0.2) is 12.2 Å². The third kappa shape index (κ3) is 1.20. The summed E-state index contributed by atoms with van der Waals surface area (Å²) in [7, 11) is 1.57. The summed E-state index contributed by atoms with van der Waals surface area (Å²) in [6.45, 7) is 0. The summed E-state index contributed by atoms with van der Waals surface area (Å²) in [5.41, 5.74) is 0.234. The maximum Gasteiger partial charge on any atom is 0.120 e. The highest BCUT2D eigenvalue weighted by Gasteiger charge is 2.46. The fraction of sp³-hybridized carbons (Fsp3) is 0.364. The molecule has 0 aliphatic heterocycles. The lowest BCUT2D eigenvalue weighted by atomic mass is 9.96. The summed E-state index contributed by atoms with van der Waals surface area (Å²) >= 11 is 0. The Morgan fingerprint density at radius 1 is 1.50 bits per heavy atom. The molecule has 1 aromatic carbocycles. The number of hydrogen-bond donors (Lipinski definition) is 1. The Hall–Kier alpha value is -1.69. The van der Waals surface area contributed by atoms with Crippen molar-refractivity contribution in [2.24, 2.45) is 0 Å². The molecule has 1 saturated carbocycles. The van der Waals surface area contributed by atoms with Crippen molar-refractivity contribution in [3.63, 3.8) is 0 Å². The van der Waals surface area contributed by atoms with Crippen molar-refractivity contribution in [3.8, 4) is 17.6 Å². The van der Waals surface area contributed by atoms with Crippen LogP contribution < -0.4 is 4.74 Å². The number of nitrogens with zero attached hydrogens (tertiary/aromatic N) is 1. The number of methoxy groups -OCH3 is 1. The van der Waals surface area contributed by atoms with Crippen molar-refractivity contribution in [1.82, 2.24) is 0 Å². The number of hydrogen-bond acceptors (Lipinski definition) is 3. The number of aromatic hydroxyl groups is 1. The highest BCUT2D eigenvalue weighted by molar-refractivity contribution is 5.50. The van der Waals surface area contributed by atoms with Gasteiger partial charge in [0.25, 0.3) is 0 Å². The number of ether oxygens (including phenoxy) is 1. The maximum absolute atomic E-state index is 9.63. The molecule has 0 amide bonds. The minimum atomic E-state index is -0.460. The van der Waals surface area contributed by atoms with Crippen molar-refractivity contribution >= 4 is 0 Å². The molecule has 14 heavy (non-hydrogen) atoms. The van der Waals surface area contributed by atoms with E-state index >= 15 is 0 Å². The second-order valence-corrected chi connectivity index (χ2v) is 3.58. The Kier molecular flexibility index (Phi) is 1.85. The second kappa shape index (κ2) is 2.91. The van der Waals surface area contributed by atoms with E-state index in [2.05, 4.69) is 6.07 Å². The van der Waals surface area contributed by atoms with Crippen LogP contribution in [0.5, 0.6) is 11.5 Å². The molecule has 1 fully saturated rings. The van der Waals surface area contributed by atoms with Gasteiger partial charge in [-0.25, -0.2) is 0 Å². The molecule has 1 aliphatic rings. The van der Waals surface area contributed by atoms with Gasteiger partial charge in [-0.05, 0) is 31.0 Å². The first kappa shape index (κ1) is 8.89. The molecule has 0 spiro atoms. The van der Waals surface area contributed by atoms with Crippen LogP contribution in [0.2, 0.25) is 0 Å². The van der Waals surface area contributed by atoms with Crippen LogP contribution >= 0.6 is 0 Å². The van der Waals surface area contributed by atoms with Crippen LogP contribution in [0.4, 0.5) is 0 Å². The average Bonchev–Trinajstić information content (AvgIpc) is 2.99. The van der Waals surface area contributed by atoms with E-state index in [9.17, 15) is 5.11 Å². The van der Waals surface area contributed by atoms with Gasteiger partial charge in [-0.15, -0.1) is 0 Å². The van der Waals surface area contributed by atoms with Crippen molar-refractivity contribution in [3.05, 3.63) is 23.8 Å². The van der Waals surface area contributed by atoms with E-state index in [4.69, 9.17) is 10.00 Å². The number of nitriles is 1. The molecule has 1 aromatic rings. The van der Waals surface area contributed by atoms with E-state index in [0.717, 1.165) is 12.8 Å². The van der Waals surface area contributed by atoms with Gasteiger partial charge in [0.05, 0.1) is 18.6 Å². The van der Waals surface area contributed by atoms with Gasteiger partial charge in [0.1, 0.15) is 11.5 Å². The van der Waals surface area contributed by atoms with E-state index in [1.54, 1.807) is 25.3 Å². The van der Waals surface area contributed by atoms with E-state index in [-0.39, 0.29) is 5.75 Å². The third-order valence-electron chi connectivity index (χ3n) is 2.68. The molecule has 0 atom stereocenters. The highest BCUT2D eigenvalue weighted by Crippen LogP contribution is 2.51. The van der Waals surface area contributed by atoms with Gasteiger partial charge in [0.2, 0.25) is 0 Å². The third-order valence-corrected chi connectivity index (χ3v) is 2.68. The molecule has 0 bridgehead atoms. The van der Waals surface area contributed by atoms with Gasteiger partial charge in [-0.3, -0.25) is 0 Å². The lowest BCUT2D eigenvalue weighted by Gasteiger charge is -2.10. The molecule has 0 radical (unpaired) electrons. The molecule has 2 rings (SSSR count). The molecular formula is C11H11NO2. The standard InChI is InChI=1S/C11H11NO2/c1-14-8-2-3-10(13)9(6-8)11(7-12)4-5-11/h2-3,6,13H,4-5H2,1H3. The fourth-order valence-electron chi connectivity index (χ4n) is 1.59. The largest absolute Gasteiger partial charge is 0.508 e. The minimum absolute atomic E-state index is 0.185. The summed E-state index contributed by atoms with van der Waals surface area (Å²) in [6.07, 6.45) is 1.65. The quantitative estimate of drug-likeness (QED) is 0.773. The molecule has 0 unspecified atom stereocenters. The molecule has 0 heterocycles. The van der Waals surface area contributed by atoms with E-state index in [1.807, 2.05) is 0 Å². The second-order valence-electron chi connectivity index (χ2n) is 3.58. The molecule has 0 saturated heterocycles. The van der Waals surface area contributed by atoms with Gasteiger partial charge in [-0.1, -0.05) is 0 Å². The van der Waals surface area contributed by atoms with Gasteiger partial charge < -0.3 is 9.84 Å². The van der Waals surface area contributed by atoms with Crippen molar-refractivity contribution in [1.29, 1.82) is 5.26 Å². The van der Waals surface area contributed by atoms with Crippen molar-refractivity contribution < 1.29 is 9.84 Å².